The summed E-state index contributed by atoms with van der Waals surface area (Å²) in [7, 11) is 0. The van der Waals surface area contributed by atoms with Crippen molar-refractivity contribution in [1.82, 2.24) is 5.32 Å². The first-order valence-electron chi connectivity index (χ1n) is 8.02. The fourth-order valence-corrected chi connectivity index (χ4v) is 3.47. The molecule has 1 unspecified atom stereocenters. The summed E-state index contributed by atoms with van der Waals surface area (Å²) >= 11 is 0. The molecule has 1 aromatic heterocycles. The van der Waals surface area contributed by atoms with Gasteiger partial charge in [-0.1, -0.05) is 38.0 Å². The van der Waals surface area contributed by atoms with Gasteiger partial charge in [0, 0.05) is 5.39 Å². The Bertz CT molecular complexity index is 566. The highest BCUT2D eigenvalue weighted by Crippen LogP contribution is 2.38. The van der Waals surface area contributed by atoms with E-state index in [2.05, 4.69) is 43.4 Å². The van der Waals surface area contributed by atoms with E-state index in [4.69, 9.17) is 4.42 Å². The Hall–Kier alpha value is -1.28. The molecule has 2 nitrogen and oxygen atoms in total. The van der Waals surface area contributed by atoms with Gasteiger partial charge in [-0.3, -0.25) is 0 Å². The zero-order valence-corrected chi connectivity index (χ0v) is 12.6. The van der Waals surface area contributed by atoms with Crippen molar-refractivity contribution in [3.63, 3.8) is 0 Å². The molecule has 1 fully saturated rings. The lowest BCUT2D eigenvalue weighted by Gasteiger charge is -2.22. The summed E-state index contributed by atoms with van der Waals surface area (Å²) in [5.74, 6) is 1.87. The second-order valence-electron chi connectivity index (χ2n) is 6.12. The molecule has 0 aliphatic heterocycles. The lowest BCUT2D eigenvalue weighted by atomic mass is 9.95. The van der Waals surface area contributed by atoms with E-state index < -0.39 is 0 Å². The number of hydrogen-bond donors (Lipinski definition) is 1. The van der Waals surface area contributed by atoms with Crippen LogP contribution in [0.1, 0.15) is 56.4 Å². The van der Waals surface area contributed by atoms with Gasteiger partial charge in [-0.15, -0.1) is 0 Å². The summed E-state index contributed by atoms with van der Waals surface area (Å²) in [4.78, 5) is 0. The number of fused-ring (bicyclic) bond motifs is 1. The standard InChI is InChI=1S/C18H25NO/c1-3-11-19-17(14-8-4-5-9-14)16-12-15-10-6-7-13(2)18(15)20-16/h6-7,10,12,14,17,19H,3-5,8-9,11H2,1-2H3. The highest BCUT2D eigenvalue weighted by molar-refractivity contribution is 5.81. The number of furan rings is 1. The SMILES string of the molecule is CCCNC(c1cc2cccc(C)c2o1)C1CCCC1. The number of para-hydroxylation sites is 1. The third kappa shape index (κ3) is 2.62. The van der Waals surface area contributed by atoms with Crippen LogP contribution in [0.15, 0.2) is 28.7 Å². The van der Waals surface area contributed by atoms with E-state index in [9.17, 15) is 0 Å². The molecule has 2 aromatic rings. The van der Waals surface area contributed by atoms with Crippen LogP contribution in [-0.4, -0.2) is 6.54 Å². The van der Waals surface area contributed by atoms with Gasteiger partial charge in [0.25, 0.3) is 0 Å². The zero-order valence-electron chi connectivity index (χ0n) is 12.6. The largest absolute Gasteiger partial charge is 0.459 e. The summed E-state index contributed by atoms with van der Waals surface area (Å²) in [5, 5.41) is 4.95. The van der Waals surface area contributed by atoms with Crippen LogP contribution in [0.4, 0.5) is 0 Å². The first-order chi connectivity index (χ1) is 9.79. The normalized spacial score (nSPS) is 17.9. The van der Waals surface area contributed by atoms with Gasteiger partial charge in [-0.25, -0.2) is 0 Å². The lowest BCUT2D eigenvalue weighted by molar-refractivity contribution is 0.320. The molecule has 0 amide bonds. The van der Waals surface area contributed by atoms with Crippen LogP contribution >= 0.6 is 0 Å². The maximum Gasteiger partial charge on any atom is 0.137 e. The van der Waals surface area contributed by atoms with Gasteiger partial charge in [0.15, 0.2) is 0 Å². The minimum Gasteiger partial charge on any atom is -0.459 e. The molecule has 1 saturated carbocycles. The van der Waals surface area contributed by atoms with Crippen molar-refractivity contribution in [3.05, 3.63) is 35.6 Å². The second kappa shape index (κ2) is 6.01. The van der Waals surface area contributed by atoms with Crippen molar-refractivity contribution in [3.8, 4) is 0 Å². The molecule has 0 radical (unpaired) electrons. The predicted molar refractivity (Wildman–Crippen MR) is 83.9 cm³/mol. The average Bonchev–Trinajstić information content (AvgIpc) is 3.09. The molecule has 0 spiro atoms. The summed E-state index contributed by atoms with van der Waals surface area (Å²) in [6.45, 7) is 5.42. The maximum atomic E-state index is 6.21. The summed E-state index contributed by atoms with van der Waals surface area (Å²) in [6.07, 6.45) is 6.57. The highest BCUT2D eigenvalue weighted by atomic mass is 16.3. The van der Waals surface area contributed by atoms with Crippen molar-refractivity contribution < 1.29 is 4.42 Å². The van der Waals surface area contributed by atoms with Crippen LogP contribution in [0.5, 0.6) is 0 Å². The third-order valence-corrected chi connectivity index (χ3v) is 4.55. The molecule has 1 aliphatic rings. The van der Waals surface area contributed by atoms with Gasteiger partial charge in [-0.2, -0.15) is 0 Å². The van der Waals surface area contributed by atoms with Gasteiger partial charge in [0.1, 0.15) is 11.3 Å². The molecular formula is C18H25NO. The topological polar surface area (TPSA) is 25.2 Å². The van der Waals surface area contributed by atoms with Crippen LogP contribution < -0.4 is 5.32 Å². The van der Waals surface area contributed by atoms with Gasteiger partial charge in [-0.05, 0) is 50.3 Å². The van der Waals surface area contributed by atoms with Crippen LogP contribution in [0, 0.1) is 12.8 Å². The Morgan fingerprint density at radius 2 is 2.10 bits per heavy atom. The Kier molecular flexibility index (Phi) is 4.11. The maximum absolute atomic E-state index is 6.21. The number of benzene rings is 1. The molecule has 1 heterocycles. The van der Waals surface area contributed by atoms with E-state index in [-0.39, 0.29) is 0 Å². The molecule has 0 bridgehead atoms. The van der Waals surface area contributed by atoms with Gasteiger partial charge in [0.05, 0.1) is 6.04 Å². The molecule has 1 atom stereocenters. The van der Waals surface area contributed by atoms with E-state index >= 15 is 0 Å². The monoisotopic (exact) mass is 271 g/mol. The molecule has 1 N–H and O–H groups in total. The summed E-state index contributed by atoms with van der Waals surface area (Å²) < 4.78 is 6.21. The van der Waals surface area contributed by atoms with E-state index in [1.54, 1.807) is 0 Å². The minimum absolute atomic E-state index is 0.393. The number of nitrogens with one attached hydrogen (secondary N) is 1. The second-order valence-corrected chi connectivity index (χ2v) is 6.12. The first-order valence-corrected chi connectivity index (χ1v) is 8.02. The van der Waals surface area contributed by atoms with Crippen molar-refractivity contribution in [2.75, 3.05) is 6.54 Å². The van der Waals surface area contributed by atoms with E-state index in [1.165, 1.54) is 43.1 Å². The summed E-state index contributed by atoms with van der Waals surface area (Å²) in [5.41, 5.74) is 2.29. The van der Waals surface area contributed by atoms with Crippen LogP contribution in [-0.2, 0) is 0 Å². The first kappa shape index (κ1) is 13.7. The molecule has 1 aliphatic carbocycles. The Labute approximate surface area is 121 Å². The van der Waals surface area contributed by atoms with Crippen LogP contribution in [0.2, 0.25) is 0 Å². The minimum atomic E-state index is 0.393. The Morgan fingerprint density at radius 3 is 2.80 bits per heavy atom. The fraction of sp³-hybridized carbons (Fsp3) is 0.556. The number of rotatable bonds is 5. The van der Waals surface area contributed by atoms with E-state index in [0.29, 0.717) is 6.04 Å². The zero-order chi connectivity index (χ0) is 13.9. The summed E-state index contributed by atoms with van der Waals surface area (Å²) in [6, 6.07) is 9.03. The Balaban J connectivity index is 1.93. The lowest BCUT2D eigenvalue weighted by Crippen LogP contribution is -2.27. The van der Waals surface area contributed by atoms with Crippen molar-refractivity contribution in [1.29, 1.82) is 0 Å². The number of aryl methyl sites for hydroxylation is 1. The molecular weight excluding hydrogens is 246 g/mol. The van der Waals surface area contributed by atoms with E-state index in [1.807, 2.05) is 0 Å². The molecule has 3 rings (SSSR count). The van der Waals surface area contributed by atoms with Crippen molar-refractivity contribution in [2.45, 2.75) is 52.0 Å². The van der Waals surface area contributed by atoms with Crippen molar-refractivity contribution in [2.24, 2.45) is 5.92 Å². The molecule has 1 aromatic carbocycles. The van der Waals surface area contributed by atoms with Crippen LogP contribution in [0.25, 0.3) is 11.0 Å². The fourth-order valence-electron chi connectivity index (χ4n) is 3.47. The molecule has 0 saturated heterocycles. The van der Waals surface area contributed by atoms with Gasteiger partial charge >= 0.3 is 0 Å². The molecule has 20 heavy (non-hydrogen) atoms. The molecule has 2 heteroatoms. The number of hydrogen-bond acceptors (Lipinski definition) is 2. The quantitative estimate of drug-likeness (QED) is 0.830. The molecule has 108 valence electrons. The Morgan fingerprint density at radius 1 is 1.30 bits per heavy atom. The third-order valence-electron chi connectivity index (χ3n) is 4.55. The predicted octanol–water partition coefficient (Wildman–Crippen LogP) is 4.97. The van der Waals surface area contributed by atoms with E-state index in [0.717, 1.165) is 23.8 Å². The smallest absolute Gasteiger partial charge is 0.137 e. The van der Waals surface area contributed by atoms with Gasteiger partial charge in [0.2, 0.25) is 0 Å². The van der Waals surface area contributed by atoms with Gasteiger partial charge < -0.3 is 9.73 Å². The van der Waals surface area contributed by atoms with Crippen LogP contribution in [0.3, 0.4) is 0 Å². The average molecular weight is 271 g/mol. The van der Waals surface area contributed by atoms with Crippen molar-refractivity contribution >= 4 is 11.0 Å². The highest BCUT2D eigenvalue weighted by Gasteiger charge is 2.28.